The molecule has 0 aromatic carbocycles. The Morgan fingerprint density at radius 3 is 2.79 bits per heavy atom. The Morgan fingerprint density at radius 2 is 2.12 bits per heavy atom. The highest BCUT2D eigenvalue weighted by Crippen LogP contribution is 2.05. The second kappa shape index (κ2) is 10.5. The summed E-state index contributed by atoms with van der Waals surface area (Å²) in [4.78, 5) is 16.1. The van der Waals surface area contributed by atoms with E-state index in [-0.39, 0.29) is 5.91 Å². The summed E-state index contributed by atoms with van der Waals surface area (Å²) in [6, 6.07) is 3.67. The van der Waals surface area contributed by atoms with Crippen molar-refractivity contribution in [3.63, 3.8) is 0 Å². The number of piperazine rings is 1. The standard InChI is InChI=1S/C17H29N3O4/c1-2-5-18-17(22)12-20-8-6-19(7-9-20)11-15(21)13-23-14-16-4-3-10-24-16/h3-4,10,15,21H,2,5-9,11-14H2,1H3,(H,18,22)/t15-/m1/s1. The Morgan fingerprint density at radius 1 is 1.38 bits per heavy atom. The number of rotatable bonds is 10. The van der Waals surface area contributed by atoms with Gasteiger partial charge in [0.25, 0.3) is 0 Å². The number of amides is 1. The molecule has 1 aliphatic heterocycles. The van der Waals surface area contributed by atoms with Crippen LogP contribution in [0.3, 0.4) is 0 Å². The highest BCUT2D eigenvalue weighted by molar-refractivity contribution is 5.77. The zero-order valence-corrected chi connectivity index (χ0v) is 14.4. The molecule has 136 valence electrons. The van der Waals surface area contributed by atoms with Crippen LogP contribution in [-0.2, 0) is 16.1 Å². The van der Waals surface area contributed by atoms with Crippen molar-refractivity contribution in [3.8, 4) is 0 Å². The van der Waals surface area contributed by atoms with E-state index in [0.29, 0.717) is 26.3 Å². The number of ether oxygens (including phenoxy) is 1. The van der Waals surface area contributed by atoms with Crippen LogP contribution in [0.2, 0.25) is 0 Å². The smallest absolute Gasteiger partial charge is 0.234 e. The van der Waals surface area contributed by atoms with E-state index >= 15 is 0 Å². The summed E-state index contributed by atoms with van der Waals surface area (Å²) in [6.45, 7) is 7.92. The lowest BCUT2D eigenvalue weighted by atomic mass is 10.2. The van der Waals surface area contributed by atoms with E-state index in [1.807, 2.05) is 19.1 Å². The van der Waals surface area contributed by atoms with Gasteiger partial charge in [-0.3, -0.25) is 14.6 Å². The maximum Gasteiger partial charge on any atom is 0.234 e. The first-order chi connectivity index (χ1) is 11.7. The second-order valence-electron chi connectivity index (χ2n) is 6.18. The number of nitrogens with one attached hydrogen (secondary N) is 1. The molecule has 1 fully saturated rings. The summed E-state index contributed by atoms with van der Waals surface area (Å²) in [5, 5.41) is 13.0. The number of hydrogen-bond acceptors (Lipinski definition) is 6. The first-order valence-electron chi connectivity index (χ1n) is 8.67. The molecule has 7 nitrogen and oxygen atoms in total. The topological polar surface area (TPSA) is 78.2 Å². The lowest BCUT2D eigenvalue weighted by Gasteiger charge is -2.35. The van der Waals surface area contributed by atoms with Gasteiger partial charge < -0.3 is 19.6 Å². The molecule has 1 saturated heterocycles. The summed E-state index contributed by atoms with van der Waals surface area (Å²) in [6.07, 6.45) is 2.05. The summed E-state index contributed by atoms with van der Waals surface area (Å²) < 4.78 is 10.6. The van der Waals surface area contributed by atoms with E-state index in [2.05, 4.69) is 15.1 Å². The minimum atomic E-state index is -0.514. The molecule has 0 unspecified atom stereocenters. The molecule has 1 amide bonds. The number of β-amino-alcohol motifs (C(OH)–C–C–N with tert-alkyl or cyclic N) is 1. The van der Waals surface area contributed by atoms with Crippen molar-refractivity contribution in [1.82, 2.24) is 15.1 Å². The SMILES string of the molecule is CCCNC(=O)CN1CCN(C[C@@H](O)COCc2ccco2)CC1. The average molecular weight is 339 g/mol. The number of aliphatic hydroxyl groups excluding tert-OH is 1. The highest BCUT2D eigenvalue weighted by Gasteiger charge is 2.20. The van der Waals surface area contributed by atoms with Crippen LogP contribution >= 0.6 is 0 Å². The van der Waals surface area contributed by atoms with E-state index in [9.17, 15) is 9.90 Å². The molecule has 2 rings (SSSR count). The third-order valence-electron chi connectivity index (χ3n) is 4.01. The number of furan rings is 1. The molecule has 0 bridgehead atoms. The largest absolute Gasteiger partial charge is 0.467 e. The molecule has 1 aliphatic rings. The van der Waals surface area contributed by atoms with Crippen LogP contribution in [0.25, 0.3) is 0 Å². The Bertz CT molecular complexity index is 458. The van der Waals surface area contributed by atoms with E-state index in [0.717, 1.165) is 44.9 Å². The van der Waals surface area contributed by atoms with Crippen LogP contribution in [0.1, 0.15) is 19.1 Å². The van der Waals surface area contributed by atoms with Gasteiger partial charge in [0, 0.05) is 39.3 Å². The van der Waals surface area contributed by atoms with Gasteiger partial charge >= 0.3 is 0 Å². The van der Waals surface area contributed by atoms with E-state index in [4.69, 9.17) is 9.15 Å². The molecule has 0 radical (unpaired) electrons. The van der Waals surface area contributed by atoms with Crippen LogP contribution in [0, 0.1) is 0 Å². The molecule has 2 N–H and O–H groups in total. The molecule has 1 aromatic rings. The van der Waals surface area contributed by atoms with Gasteiger partial charge in [0.15, 0.2) is 0 Å². The van der Waals surface area contributed by atoms with Crippen molar-refractivity contribution in [3.05, 3.63) is 24.2 Å². The lowest BCUT2D eigenvalue weighted by Crippen LogP contribution is -2.51. The molecule has 0 saturated carbocycles. The highest BCUT2D eigenvalue weighted by atomic mass is 16.5. The van der Waals surface area contributed by atoms with Gasteiger partial charge in [-0.15, -0.1) is 0 Å². The van der Waals surface area contributed by atoms with Crippen LogP contribution in [0.5, 0.6) is 0 Å². The zero-order chi connectivity index (χ0) is 17.2. The maximum absolute atomic E-state index is 11.7. The summed E-state index contributed by atoms with van der Waals surface area (Å²) in [7, 11) is 0. The van der Waals surface area contributed by atoms with Gasteiger partial charge in [0.05, 0.1) is 25.5 Å². The third kappa shape index (κ3) is 7.00. The van der Waals surface area contributed by atoms with Gasteiger partial charge in [-0.1, -0.05) is 6.92 Å². The van der Waals surface area contributed by atoms with Crippen molar-refractivity contribution in [2.45, 2.75) is 26.1 Å². The molecule has 24 heavy (non-hydrogen) atoms. The quantitative estimate of drug-likeness (QED) is 0.638. The molecule has 0 spiro atoms. The number of nitrogens with zero attached hydrogens (tertiary/aromatic N) is 2. The molecular weight excluding hydrogens is 310 g/mol. The van der Waals surface area contributed by atoms with Crippen molar-refractivity contribution in [2.75, 3.05) is 52.4 Å². The molecule has 1 atom stereocenters. The Kier molecular flexibility index (Phi) is 8.24. The van der Waals surface area contributed by atoms with Crippen molar-refractivity contribution >= 4 is 5.91 Å². The maximum atomic E-state index is 11.7. The molecule has 0 aliphatic carbocycles. The Balaban J connectivity index is 1.55. The first-order valence-corrected chi connectivity index (χ1v) is 8.67. The fraction of sp³-hybridized carbons (Fsp3) is 0.706. The van der Waals surface area contributed by atoms with E-state index in [1.54, 1.807) is 6.26 Å². The molecular formula is C17H29N3O4. The normalized spacial score (nSPS) is 17.8. The van der Waals surface area contributed by atoms with Crippen LogP contribution in [0.4, 0.5) is 0 Å². The van der Waals surface area contributed by atoms with Gasteiger partial charge in [-0.05, 0) is 18.6 Å². The summed E-state index contributed by atoms with van der Waals surface area (Å²) in [5.74, 6) is 0.855. The second-order valence-corrected chi connectivity index (χ2v) is 6.18. The predicted molar refractivity (Wildman–Crippen MR) is 90.6 cm³/mol. The van der Waals surface area contributed by atoms with Gasteiger partial charge in [0.2, 0.25) is 5.91 Å². The zero-order valence-electron chi connectivity index (χ0n) is 14.4. The average Bonchev–Trinajstić information content (AvgIpc) is 3.08. The molecule has 1 aromatic heterocycles. The van der Waals surface area contributed by atoms with Crippen LogP contribution < -0.4 is 5.32 Å². The predicted octanol–water partition coefficient (Wildman–Crippen LogP) is 0.301. The van der Waals surface area contributed by atoms with Crippen LogP contribution in [0.15, 0.2) is 22.8 Å². The molecule has 7 heteroatoms. The Labute approximate surface area is 143 Å². The van der Waals surface area contributed by atoms with Gasteiger partial charge in [-0.2, -0.15) is 0 Å². The Hall–Kier alpha value is -1.41. The third-order valence-corrected chi connectivity index (χ3v) is 4.01. The minimum absolute atomic E-state index is 0.0941. The van der Waals surface area contributed by atoms with E-state index in [1.165, 1.54) is 0 Å². The fourth-order valence-corrected chi connectivity index (χ4v) is 2.69. The molecule has 2 heterocycles. The summed E-state index contributed by atoms with van der Waals surface area (Å²) >= 11 is 0. The van der Waals surface area contributed by atoms with Crippen molar-refractivity contribution in [2.24, 2.45) is 0 Å². The minimum Gasteiger partial charge on any atom is -0.467 e. The monoisotopic (exact) mass is 339 g/mol. The summed E-state index contributed by atoms with van der Waals surface area (Å²) in [5.41, 5.74) is 0. The van der Waals surface area contributed by atoms with Gasteiger partial charge in [0.1, 0.15) is 12.4 Å². The van der Waals surface area contributed by atoms with Gasteiger partial charge in [-0.25, -0.2) is 0 Å². The first kappa shape index (κ1) is 18.9. The van der Waals surface area contributed by atoms with Crippen LogP contribution in [-0.4, -0.2) is 79.3 Å². The van der Waals surface area contributed by atoms with E-state index < -0.39 is 6.10 Å². The van der Waals surface area contributed by atoms with Crippen molar-refractivity contribution in [1.29, 1.82) is 0 Å². The number of carbonyl (C=O) groups excluding carboxylic acids is 1. The number of aliphatic hydroxyl groups is 1. The number of hydrogen-bond donors (Lipinski definition) is 2. The fourth-order valence-electron chi connectivity index (χ4n) is 2.69. The lowest BCUT2D eigenvalue weighted by molar-refractivity contribution is -0.122. The van der Waals surface area contributed by atoms with Crippen molar-refractivity contribution < 1.29 is 19.1 Å². The number of carbonyl (C=O) groups is 1.